The van der Waals surface area contributed by atoms with Crippen LogP contribution in [0.4, 0.5) is 17.1 Å². The second kappa shape index (κ2) is 8.61. The molecule has 0 aliphatic heterocycles. The molecule has 3 aromatic rings. The van der Waals surface area contributed by atoms with Gasteiger partial charge in [0.15, 0.2) is 0 Å². The third-order valence-corrected chi connectivity index (χ3v) is 4.14. The molecule has 0 radical (unpaired) electrons. The highest BCUT2D eigenvalue weighted by Crippen LogP contribution is 2.29. The molecule has 30 heavy (non-hydrogen) atoms. The summed E-state index contributed by atoms with van der Waals surface area (Å²) in [5.74, 6) is -1.16. The first-order valence-electron chi connectivity index (χ1n) is 8.53. The van der Waals surface area contributed by atoms with Crippen molar-refractivity contribution in [3.05, 3.63) is 110 Å². The monoisotopic (exact) mass is 406 g/mol. The smallest absolute Gasteiger partial charge is 0.336 e. The van der Waals surface area contributed by atoms with Crippen molar-refractivity contribution in [1.82, 2.24) is 0 Å². The van der Waals surface area contributed by atoms with E-state index in [-0.39, 0.29) is 17.0 Å². The number of hydrazone groups is 1. The van der Waals surface area contributed by atoms with Crippen molar-refractivity contribution in [3.63, 3.8) is 0 Å². The van der Waals surface area contributed by atoms with E-state index in [1.165, 1.54) is 12.1 Å². The van der Waals surface area contributed by atoms with Gasteiger partial charge in [0.1, 0.15) is 5.69 Å². The van der Waals surface area contributed by atoms with Crippen LogP contribution in [-0.2, 0) is 0 Å². The lowest BCUT2D eigenvalue weighted by Crippen LogP contribution is -2.12. The van der Waals surface area contributed by atoms with E-state index < -0.39 is 27.2 Å². The molecular weight excluding hydrogens is 392 g/mol. The van der Waals surface area contributed by atoms with E-state index in [0.29, 0.717) is 11.1 Å². The molecule has 0 aliphatic carbocycles. The minimum absolute atomic E-state index is 0.0000947. The number of non-ortho nitro benzene ring substituents is 1. The fourth-order valence-corrected chi connectivity index (χ4v) is 2.75. The van der Waals surface area contributed by atoms with E-state index in [9.17, 15) is 30.1 Å². The standard InChI is InChI=1S/C20H14N4O6/c25-20(26)16-9-5-4-8-15(16)19(13-6-2-1-3-7-13)22-21-17-11-10-14(23(27)28)12-18(17)24(29)30/h1-12,21H,(H,25,26). The van der Waals surface area contributed by atoms with Crippen LogP contribution >= 0.6 is 0 Å². The first-order chi connectivity index (χ1) is 14.4. The van der Waals surface area contributed by atoms with Gasteiger partial charge in [-0.3, -0.25) is 25.7 Å². The average Bonchev–Trinajstić information content (AvgIpc) is 2.74. The second-order valence-corrected chi connectivity index (χ2v) is 6.00. The lowest BCUT2D eigenvalue weighted by atomic mass is 9.97. The molecule has 3 aromatic carbocycles. The summed E-state index contributed by atoms with van der Waals surface area (Å²) in [6.07, 6.45) is 0. The van der Waals surface area contributed by atoms with E-state index >= 15 is 0 Å². The van der Waals surface area contributed by atoms with Crippen LogP contribution in [0.5, 0.6) is 0 Å². The molecule has 0 aliphatic rings. The molecule has 0 amide bonds. The van der Waals surface area contributed by atoms with Crippen molar-refractivity contribution < 1.29 is 19.7 Å². The Balaban J connectivity index is 2.12. The van der Waals surface area contributed by atoms with Crippen LogP contribution in [0.25, 0.3) is 0 Å². The summed E-state index contributed by atoms with van der Waals surface area (Å²) in [5, 5.41) is 36.0. The fourth-order valence-electron chi connectivity index (χ4n) is 2.75. The Morgan fingerprint density at radius 2 is 1.50 bits per heavy atom. The number of nitro benzene ring substituents is 2. The normalized spacial score (nSPS) is 11.0. The molecule has 150 valence electrons. The van der Waals surface area contributed by atoms with E-state index in [1.807, 2.05) is 0 Å². The molecule has 10 heteroatoms. The first-order valence-corrected chi connectivity index (χ1v) is 8.53. The van der Waals surface area contributed by atoms with Crippen LogP contribution < -0.4 is 5.43 Å². The maximum atomic E-state index is 11.6. The number of carbonyl (C=O) groups is 1. The van der Waals surface area contributed by atoms with Gasteiger partial charge in [-0.05, 0) is 12.1 Å². The zero-order chi connectivity index (χ0) is 21.7. The molecule has 0 atom stereocenters. The van der Waals surface area contributed by atoms with Gasteiger partial charge in [0, 0.05) is 17.2 Å². The van der Waals surface area contributed by atoms with Crippen molar-refractivity contribution in [2.24, 2.45) is 5.10 Å². The van der Waals surface area contributed by atoms with Crippen molar-refractivity contribution in [3.8, 4) is 0 Å². The molecular formula is C20H14N4O6. The predicted molar refractivity (Wildman–Crippen MR) is 109 cm³/mol. The molecule has 3 rings (SSSR count). The maximum absolute atomic E-state index is 11.6. The van der Waals surface area contributed by atoms with Crippen molar-refractivity contribution in [1.29, 1.82) is 0 Å². The number of rotatable bonds is 7. The van der Waals surface area contributed by atoms with Crippen molar-refractivity contribution in [2.45, 2.75) is 0 Å². The summed E-state index contributed by atoms with van der Waals surface area (Å²) in [6.45, 7) is 0. The second-order valence-electron chi connectivity index (χ2n) is 6.00. The Morgan fingerprint density at radius 1 is 0.867 bits per heavy atom. The number of anilines is 1. The molecule has 0 bridgehead atoms. The zero-order valence-electron chi connectivity index (χ0n) is 15.3. The Hall–Kier alpha value is -4.60. The van der Waals surface area contributed by atoms with Crippen LogP contribution in [0.1, 0.15) is 21.5 Å². The molecule has 0 fully saturated rings. The van der Waals surface area contributed by atoms with Crippen molar-refractivity contribution in [2.75, 3.05) is 5.43 Å². The van der Waals surface area contributed by atoms with Gasteiger partial charge in [-0.25, -0.2) is 4.79 Å². The van der Waals surface area contributed by atoms with Crippen LogP contribution in [0.2, 0.25) is 0 Å². The number of carboxylic acids is 1. The van der Waals surface area contributed by atoms with Gasteiger partial charge < -0.3 is 5.11 Å². The SMILES string of the molecule is O=C(O)c1ccccc1C(=NNc1ccc([N+](=O)[O-])cc1[N+](=O)[O-])c1ccccc1. The van der Waals surface area contributed by atoms with Crippen LogP contribution in [-0.4, -0.2) is 26.6 Å². The molecule has 10 nitrogen and oxygen atoms in total. The third-order valence-electron chi connectivity index (χ3n) is 4.14. The summed E-state index contributed by atoms with van der Waals surface area (Å²) in [5.41, 5.74) is 2.62. The summed E-state index contributed by atoms with van der Waals surface area (Å²) in [6, 6.07) is 18.0. The predicted octanol–water partition coefficient (Wildman–Crippen LogP) is 4.07. The number of carboxylic acid groups (broad SMARTS) is 1. The first kappa shape index (κ1) is 20.1. The summed E-state index contributed by atoms with van der Waals surface area (Å²) >= 11 is 0. The molecule has 2 N–H and O–H groups in total. The number of hydrogen-bond donors (Lipinski definition) is 2. The van der Waals surface area contributed by atoms with E-state index in [4.69, 9.17) is 0 Å². The quantitative estimate of drug-likeness (QED) is 0.341. The van der Waals surface area contributed by atoms with Gasteiger partial charge in [0.05, 0.1) is 27.2 Å². The highest BCUT2D eigenvalue weighted by atomic mass is 16.6. The van der Waals surface area contributed by atoms with Crippen LogP contribution in [0, 0.1) is 20.2 Å². The molecule has 0 saturated carbocycles. The van der Waals surface area contributed by atoms with Gasteiger partial charge in [-0.2, -0.15) is 5.10 Å². The largest absolute Gasteiger partial charge is 0.478 e. The summed E-state index contributed by atoms with van der Waals surface area (Å²) in [4.78, 5) is 32.4. The summed E-state index contributed by atoms with van der Waals surface area (Å²) in [7, 11) is 0. The van der Waals surface area contributed by atoms with Gasteiger partial charge in [0.25, 0.3) is 5.69 Å². The Labute approximate surface area is 169 Å². The van der Waals surface area contributed by atoms with Crippen LogP contribution in [0.15, 0.2) is 77.9 Å². The highest BCUT2D eigenvalue weighted by Gasteiger charge is 2.20. The summed E-state index contributed by atoms with van der Waals surface area (Å²) < 4.78 is 0. The zero-order valence-corrected chi connectivity index (χ0v) is 15.3. The van der Waals surface area contributed by atoms with Gasteiger partial charge >= 0.3 is 11.7 Å². The lowest BCUT2D eigenvalue weighted by Gasteiger charge is -2.11. The Kier molecular flexibility index (Phi) is 5.78. The van der Waals surface area contributed by atoms with Crippen molar-refractivity contribution >= 4 is 28.7 Å². The minimum Gasteiger partial charge on any atom is -0.478 e. The number of nitrogens with zero attached hydrogens (tertiary/aromatic N) is 3. The third kappa shape index (κ3) is 4.28. The topological polar surface area (TPSA) is 148 Å². The molecule has 0 heterocycles. The average molecular weight is 406 g/mol. The van der Waals surface area contributed by atoms with E-state index in [0.717, 1.165) is 12.1 Å². The van der Waals surface area contributed by atoms with E-state index in [2.05, 4.69) is 10.5 Å². The minimum atomic E-state index is -1.16. The van der Waals surface area contributed by atoms with Crippen LogP contribution in [0.3, 0.4) is 0 Å². The highest BCUT2D eigenvalue weighted by molar-refractivity contribution is 6.17. The molecule has 0 spiro atoms. The van der Waals surface area contributed by atoms with Gasteiger partial charge in [0.2, 0.25) is 0 Å². The number of benzene rings is 3. The number of hydrogen-bond acceptors (Lipinski definition) is 7. The van der Waals surface area contributed by atoms with E-state index in [1.54, 1.807) is 48.5 Å². The Bertz CT molecular complexity index is 1160. The molecule has 0 aromatic heterocycles. The number of nitrogens with one attached hydrogen (secondary N) is 1. The number of nitro groups is 2. The fraction of sp³-hybridized carbons (Fsp3) is 0. The Morgan fingerprint density at radius 3 is 2.10 bits per heavy atom. The lowest BCUT2D eigenvalue weighted by molar-refractivity contribution is -0.393. The van der Waals surface area contributed by atoms with Gasteiger partial charge in [-0.1, -0.05) is 48.5 Å². The number of aromatic carboxylic acids is 1. The molecule has 0 unspecified atom stereocenters. The maximum Gasteiger partial charge on any atom is 0.336 e. The van der Waals surface area contributed by atoms with Gasteiger partial charge in [-0.15, -0.1) is 0 Å². The molecule has 0 saturated heterocycles.